The van der Waals surface area contributed by atoms with Crippen molar-refractivity contribution in [1.82, 2.24) is 5.32 Å². The third-order valence-electron chi connectivity index (χ3n) is 5.02. The maximum Gasteiger partial charge on any atom is 0.335 e. The number of nitrogens with zero attached hydrogens (tertiary/aromatic N) is 1. The summed E-state index contributed by atoms with van der Waals surface area (Å²) in [6, 6.07) is 13.0. The highest BCUT2D eigenvalue weighted by molar-refractivity contribution is 14.1. The second-order valence-electron chi connectivity index (χ2n) is 7.39. The normalized spacial score (nSPS) is 14.8. The zero-order chi connectivity index (χ0) is 25.1. The van der Waals surface area contributed by atoms with Gasteiger partial charge in [-0.2, -0.15) is 0 Å². The Morgan fingerprint density at radius 1 is 1.00 bits per heavy atom. The van der Waals surface area contributed by atoms with E-state index in [9.17, 15) is 23.2 Å². The second-order valence-corrected chi connectivity index (χ2v) is 8.55. The molecule has 0 saturated carbocycles. The van der Waals surface area contributed by atoms with Gasteiger partial charge in [0.2, 0.25) is 0 Å². The summed E-state index contributed by atoms with van der Waals surface area (Å²) in [7, 11) is 1.44. The molecule has 0 aromatic heterocycles. The first-order valence-corrected chi connectivity index (χ1v) is 11.3. The highest BCUT2D eigenvalue weighted by atomic mass is 127. The van der Waals surface area contributed by atoms with Crippen LogP contribution < -0.4 is 19.7 Å². The Hall–Kier alpha value is -3.80. The molecule has 10 heteroatoms. The molecule has 0 aliphatic carbocycles. The summed E-state index contributed by atoms with van der Waals surface area (Å²) in [6.45, 7) is 0.0974. The van der Waals surface area contributed by atoms with Crippen LogP contribution in [0.15, 0.2) is 66.2 Å². The summed E-state index contributed by atoms with van der Waals surface area (Å²) < 4.78 is 38.6. The number of imide groups is 2. The highest BCUT2D eigenvalue weighted by Gasteiger charge is 2.36. The number of carbonyl (C=O) groups is 3. The fraction of sp³-hybridized carbons (Fsp3) is 0.0800. The van der Waals surface area contributed by atoms with Gasteiger partial charge in [0.15, 0.2) is 11.5 Å². The smallest absolute Gasteiger partial charge is 0.335 e. The van der Waals surface area contributed by atoms with Crippen LogP contribution in [0.3, 0.4) is 0 Å². The van der Waals surface area contributed by atoms with E-state index in [-0.39, 0.29) is 23.7 Å². The number of anilines is 1. The van der Waals surface area contributed by atoms with Crippen LogP contribution in [-0.2, 0) is 16.2 Å². The number of hydrogen-bond donors (Lipinski definition) is 1. The summed E-state index contributed by atoms with van der Waals surface area (Å²) >= 11 is 2.01. The van der Waals surface area contributed by atoms with Crippen LogP contribution in [-0.4, -0.2) is 25.0 Å². The lowest BCUT2D eigenvalue weighted by Crippen LogP contribution is -2.54. The van der Waals surface area contributed by atoms with Crippen LogP contribution in [0.5, 0.6) is 11.5 Å². The fourth-order valence-electron chi connectivity index (χ4n) is 3.39. The third-order valence-corrected chi connectivity index (χ3v) is 5.82. The van der Waals surface area contributed by atoms with Crippen LogP contribution >= 0.6 is 22.6 Å². The van der Waals surface area contributed by atoms with Crippen molar-refractivity contribution >= 4 is 52.2 Å². The van der Waals surface area contributed by atoms with E-state index in [1.807, 2.05) is 22.6 Å². The molecule has 0 unspecified atom stereocenters. The molecule has 1 N–H and O–H groups in total. The molecule has 3 aromatic carbocycles. The van der Waals surface area contributed by atoms with Gasteiger partial charge in [0.05, 0.1) is 16.4 Å². The first kappa shape index (κ1) is 24.3. The van der Waals surface area contributed by atoms with Crippen molar-refractivity contribution in [3.8, 4) is 11.5 Å². The van der Waals surface area contributed by atoms with Gasteiger partial charge in [-0.05, 0) is 88.3 Å². The average Bonchev–Trinajstić information content (AvgIpc) is 2.82. The number of amides is 4. The van der Waals surface area contributed by atoms with Gasteiger partial charge < -0.3 is 9.47 Å². The molecule has 4 rings (SSSR count). The van der Waals surface area contributed by atoms with Crippen molar-refractivity contribution in [2.45, 2.75) is 6.61 Å². The first-order chi connectivity index (χ1) is 16.8. The van der Waals surface area contributed by atoms with E-state index in [0.717, 1.165) is 17.0 Å². The number of halogens is 3. The van der Waals surface area contributed by atoms with E-state index in [1.165, 1.54) is 37.5 Å². The zero-order valence-corrected chi connectivity index (χ0v) is 20.3. The van der Waals surface area contributed by atoms with Gasteiger partial charge >= 0.3 is 6.03 Å². The summed E-state index contributed by atoms with van der Waals surface area (Å²) in [5.41, 5.74) is 0.890. The maximum atomic E-state index is 13.4. The molecule has 0 atom stereocenters. The van der Waals surface area contributed by atoms with Crippen molar-refractivity contribution in [1.29, 1.82) is 0 Å². The molecule has 35 heavy (non-hydrogen) atoms. The summed E-state index contributed by atoms with van der Waals surface area (Å²) in [5, 5.41) is 2.12. The highest BCUT2D eigenvalue weighted by Crippen LogP contribution is 2.35. The van der Waals surface area contributed by atoms with Crippen molar-refractivity contribution in [2.75, 3.05) is 12.0 Å². The van der Waals surface area contributed by atoms with Gasteiger partial charge in [0, 0.05) is 0 Å². The number of nitrogens with one attached hydrogen (secondary N) is 1. The van der Waals surface area contributed by atoms with Gasteiger partial charge in [-0.3, -0.25) is 14.9 Å². The van der Waals surface area contributed by atoms with Crippen molar-refractivity contribution in [2.24, 2.45) is 0 Å². The third kappa shape index (κ3) is 5.32. The monoisotopic (exact) mass is 590 g/mol. The van der Waals surface area contributed by atoms with Crippen molar-refractivity contribution in [3.05, 3.63) is 92.6 Å². The van der Waals surface area contributed by atoms with E-state index < -0.39 is 23.7 Å². The van der Waals surface area contributed by atoms with Gasteiger partial charge in [-0.25, -0.2) is 18.5 Å². The number of urea groups is 1. The number of methoxy groups -OCH3 is 1. The SMILES string of the molecule is COc1cc(/C=C2\C(=O)NC(=O)N(c3ccc(F)cc3)C2=O)cc(I)c1OCc1cccc(F)c1. The molecule has 178 valence electrons. The Labute approximate surface area is 212 Å². The quantitative estimate of drug-likeness (QED) is 0.253. The molecule has 1 fully saturated rings. The van der Waals surface area contributed by atoms with Crippen LogP contribution in [0.2, 0.25) is 0 Å². The number of barbiturate groups is 1. The topological polar surface area (TPSA) is 84.9 Å². The van der Waals surface area contributed by atoms with Gasteiger partial charge in [0.25, 0.3) is 11.8 Å². The van der Waals surface area contributed by atoms with Crippen molar-refractivity contribution in [3.63, 3.8) is 0 Å². The predicted octanol–water partition coefficient (Wildman–Crippen LogP) is 4.82. The Kier molecular flexibility index (Phi) is 7.10. The van der Waals surface area contributed by atoms with Gasteiger partial charge in [-0.15, -0.1) is 0 Å². The molecular formula is C25H17F2IN2O5. The Morgan fingerprint density at radius 3 is 2.43 bits per heavy atom. The molecule has 1 aliphatic rings. The number of benzene rings is 3. The molecule has 1 saturated heterocycles. The molecule has 4 amide bonds. The summed E-state index contributed by atoms with van der Waals surface area (Å²) in [5.74, 6) is -1.90. The minimum Gasteiger partial charge on any atom is -0.493 e. The number of hydrogen-bond acceptors (Lipinski definition) is 5. The number of ether oxygens (including phenoxy) is 2. The Bertz CT molecular complexity index is 1360. The molecule has 3 aromatic rings. The molecule has 1 aliphatic heterocycles. The van der Waals surface area contributed by atoms with E-state index in [4.69, 9.17) is 9.47 Å². The average molecular weight is 590 g/mol. The van der Waals surface area contributed by atoms with Crippen LogP contribution in [0.4, 0.5) is 19.3 Å². The van der Waals surface area contributed by atoms with E-state index >= 15 is 0 Å². The largest absolute Gasteiger partial charge is 0.493 e. The lowest BCUT2D eigenvalue weighted by molar-refractivity contribution is -0.122. The molecular weight excluding hydrogens is 573 g/mol. The Morgan fingerprint density at radius 2 is 1.74 bits per heavy atom. The molecule has 7 nitrogen and oxygen atoms in total. The van der Waals surface area contributed by atoms with Gasteiger partial charge in [-0.1, -0.05) is 12.1 Å². The van der Waals surface area contributed by atoms with Crippen molar-refractivity contribution < 1.29 is 32.6 Å². The molecule has 0 spiro atoms. The number of carbonyl (C=O) groups excluding carboxylic acids is 3. The second kappa shape index (κ2) is 10.2. The fourth-order valence-corrected chi connectivity index (χ4v) is 4.18. The van der Waals surface area contributed by atoms with Gasteiger partial charge in [0.1, 0.15) is 23.8 Å². The van der Waals surface area contributed by atoms with E-state index in [0.29, 0.717) is 26.2 Å². The first-order valence-electron chi connectivity index (χ1n) is 10.2. The van der Waals surface area contributed by atoms with E-state index in [1.54, 1.807) is 24.3 Å². The van der Waals surface area contributed by atoms with E-state index in [2.05, 4.69) is 5.32 Å². The summed E-state index contributed by atoms with van der Waals surface area (Å²) in [4.78, 5) is 38.5. The Balaban J connectivity index is 1.64. The zero-order valence-electron chi connectivity index (χ0n) is 18.2. The van der Waals surface area contributed by atoms with Crippen LogP contribution in [0.1, 0.15) is 11.1 Å². The molecule has 1 heterocycles. The molecule has 0 bridgehead atoms. The maximum absolute atomic E-state index is 13.4. The minimum absolute atomic E-state index is 0.0974. The minimum atomic E-state index is -0.933. The summed E-state index contributed by atoms with van der Waals surface area (Å²) in [6.07, 6.45) is 1.32. The standard InChI is InChI=1S/C25H17F2IN2O5/c1-34-21-12-15(11-20(28)22(21)35-13-14-3-2-4-17(27)9-14)10-19-23(31)29-25(33)30(24(19)32)18-7-5-16(26)6-8-18/h2-12H,13H2,1H3,(H,29,31,33)/b19-10+. The number of rotatable bonds is 6. The molecule has 0 radical (unpaired) electrons. The lowest BCUT2D eigenvalue weighted by atomic mass is 10.1. The predicted molar refractivity (Wildman–Crippen MR) is 132 cm³/mol. The van der Waals surface area contributed by atoms with Crippen LogP contribution in [0, 0.1) is 15.2 Å². The lowest BCUT2D eigenvalue weighted by Gasteiger charge is -2.26. The van der Waals surface area contributed by atoms with Crippen LogP contribution in [0.25, 0.3) is 6.08 Å².